The van der Waals surface area contributed by atoms with Crippen LogP contribution in [0.25, 0.3) is 0 Å². The number of methoxy groups -OCH3 is 1. The number of likely N-dealkylation sites (tertiary alicyclic amines) is 1. The van der Waals surface area contributed by atoms with Crippen molar-refractivity contribution in [1.82, 2.24) is 19.9 Å². The Morgan fingerprint density at radius 3 is 2.80 bits per heavy atom. The number of pyridine rings is 1. The molecule has 7 heteroatoms. The monoisotopic (exact) mass is 341 g/mol. The van der Waals surface area contributed by atoms with Crippen molar-refractivity contribution in [3.05, 3.63) is 41.9 Å². The Morgan fingerprint density at radius 1 is 1.32 bits per heavy atom. The van der Waals surface area contributed by atoms with Crippen molar-refractivity contribution in [3.63, 3.8) is 0 Å². The van der Waals surface area contributed by atoms with Crippen LogP contribution in [0.15, 0.2) is 30.7 Å². The molecule has 1 unspecified atom stereocenters. The van der Waals surface area contributed by atoms with E-state index in [1.165, 1.54) is 7.11 Å². The zero-order chi connectivity index (χ0) is 17.8. The number of carbonyl (C=O) groups is 1. The predicted octanol–water partition coefficient (Wildman–Crippen LogP) is 1.93. The molecule has 132 valence electrons. The van der Waals surface area contributed by atoms with E-state index in [0.29, 0.717) is 23.9 Å². The average molecular weight is 341 g/mol. The molecule has 0 spiro atoms. The fourth-order valence-corrected chi connectivity index (χ4v) is 3.07. The molecule has 3 rings (SSSR count). The van der Waals surface area contributed by atoms with Gasteiger partial charge in [-0.05, 0) is 37.5 Å². The topological polar surface area (TPSA) is 71.5 Å². The molecule has 25 heavy (non-hydrogen) atoms. The van der Waals surface area contributed by atoms with Gasteiger partial charge in [0.05, 0.1) is 7.11 Å². The van der Waals surface area contributed by atoms with Crippen molar-refractivity contribution in [3.8, 4) is 5.88 Å². The lowest BCUT2D eigenvalue weighted by molar-refractivity contribution is 0.0703. The van der Waals surface area contributed by atoms with E-state index in [2.05, 4.69) is 19.9 Å². The summed E-state index contributed by atoms with van der Waals surface area (Å²) in [6.45, 7) is 3.33. The zero-order valence-corrected chi connectivity index (χ0v) is 14.8. The number of ether oxygens (including phenoxy) is 1. The number of aromatic nitrogens is 3. The summed E-state index contributed by atoms with van der Waals surface area (Å²) >= 11 is 0. The lowest BCUT2D eigenvalue weighted by Crippen LogP contribution is -2.49. The van der Waals surface area contributed by atoms with E-state index < -0.39 is 0 Å². The fourth-order valence-electron chi connectivity index (χ4n) is 3.07. The SMILES string of the molecule is COc1ncccc1C(=O)N1CCCC(N(C)c2ncc(C)cn2)C1. The number of amides is 1. The second-order valence-electron chi connectivity index (χ2n) is 6.28. The maximum absolute atomic E-state index is 12.9. The van der Waals surface area contributed by atoms with Crippen molar-refractivity contribution in [1.29, 1.82) is 0 Å². The minimum Gasteiger partial charge on any atom is -0.480 e. The van der Waals surface area contributed by atoms with Crippen LogP contribution in [0.2, 0.25) is 0 Å². The number of piperidine rings is 1. The van der Waals surface area contributed by atoms with Crippen LogP contribution >= 0.6 is 0 Å². The summed E-state index contributed by atoms with van der Waals surface area (Å²) in [5, 5.41) is 0. The first kappa shape index (κ1) is 17.1. The molecule has 1 saturated heterocycles. The van der Waals surface area contributed by atoms with Crippen molar-refractivity contribution < 1.29 is 9.53 Å². The normalized spacial score (nSPS) is 17.2. The number of nitrogens with zero attached hydrogens (tertiary/aromatic N) is 5. The first-order valence-electron chi connectivity index (χ1n) is 8.40. The maximum atomic E-state index is 12.9. The molecule has 1 aliphatic heterocycles. The molecule has 7 nitrogen and oxygen atoms in total. The van der Waals surface area contributed by atoms with Gasteiger partial charge in [0.15, 0.2) is 0 Å². The Bertz CT molecular complexity index is 735. The van der Waals surface area contributed by atoms with E-state index >= 15 is 0 Å². The molecule has 0 radical (unpaired) electrons. The van der Waals surface area contributed by atoms with Gasteiger partial charge in [-0.25, -0.2) is 15.0 Å². The smallest absolute Gasteiger partial charge is 0.259 e. The van der Waals surface area contributed by atoms with Gasteiger partial charge in [0.2, 0.25) is 11.8 Å². The van der Waals surface area contributed by atoms with E-state index in [9.17, 15) is 4.79 Å². The van der Waals surface area contributed by atoms with Crippen molar-refractivity contribution >= 4 is 11.9 Å². The third-order valence-corrected chi connectivity index (χ3v) is 4.51. The molecular formula is C18H23N5O2. The van der Waals surface area contributed by atoms with Crippen LogP contribution in [0, 0.1) is 6.92 Å². The lowest BCUT2D eigenvalue weighted by atomic mass is 10.0. The molecule has 1 fully saturated rings. The minimum absolute atomic E-state index is 0.0483. The number of likely N-dealkylation sites (N-methyl/N-ethyl adjacent to an activating group) is 1. The van der Waals surface area contributed by atoms with Crippen molar-refractivity contribution in [2.24, 2.45) is 0 Å². The van der Waals surface area contributed by atoms with Gasteiger partial charge < -0.3 is 14.5 Å². The van der Waals surface area contributed by atoms with E-state index in [-0.39, 0.29) is 11.9 Å². The van der Waals surface area contributed by atoms with Crippen LogP contribution in [0.4, 0.5) is 5.95 Å². The Morgan fingerprint density at radius 2 is 2.08 bits per heavy atom. The zero-order valence-electron chi connectivity index (χ0n) is 14.8. The number of hydrogen-bond donors (Lipinski definition) is 0. The van der Waals surface area contributed by atoms with E-state index in [1.54, 1.807) is 18.3 Å². The molecule has 0 bridgehead atoms. The number of rotatable bonds is 4. The molecule has 1 amide bonds. The second-order valence-corrected chi connectivity index (χ2v) is 6.28. The molecule has 0 aliphatic carbocycles. The van der Waals surface area contributed by atoms with Gasteiger partial charge in [-0.15, -0.1) is 0 Å². The second kappa shape index (κ2) is 7.46. The summed E-state index contributed by atoms with van der Waals surface area (Å²) in [6, 6.07) is 3.69. The first-order chi connectivity index (χ1) is 12.1. The van der Waals surface area contributed by atoms with Crippen LogP contribution in [0.5, 0.6) is 5.88 Å². The number of aryl methyl sites for hydroxylation is 1. The Hall–Kier alpha value is -2.70. The standard InChI is InChI=1S/C18H23N5O2/c1-13-10-20-18(21-11-13)22(2)14-6-5-9-23(12-14)17(24)15-7-4-8-19-16(15)25-3/h4,7-8,10-11,14H,5-6,9,12H2,1-3H3. The van der Waals surface area contributed by atoms with Crippen molar-refractivity contribution in [2.45, 2.75) is 25.8 Å². The molecule has 2 aromatic heterocycles. The van der Waals surface area contributed by atoms with Gasteiger partial charge in [0.25, 0.3) is 5.91 Å². The Kier molecular flexibility index (Phi) is 5.11. The number of carbonyl (C=O) groups excluding carboxylic acids is 1. The van der Waals surface area contributed by atoms with Gasteiger partial charge in [0.1, 0.15) is 5.56 Å². The van der Waals surface area contributed by atoms with Crippen LogP contribution in [0.3, 0.4) is 0 Å². The largest absolute Gasteiger partial charge is 0.480 e. The maximum Gasteiger partial charge on any atom is 0.259 e. The molecule has 1 aliphatic rings. The van der Waals surface area contributed by atoms with Gasteiger partial charge in [0, 0.05) is 44.8 Å². The van der Waals surface area contributed by atoms with E-state index in [1.807, 2.05) is 31.3 Å². The summed E-state index contributed by atoms with van der Waals surface area (Å²) < 4.78 is 5.22. The molecule has 0 N–H and O–H groups in total. The average Bonchev–Trinajstić information content (AvgIpc) is 2.67. The van der Waals surface area contributed by atoms with Gasteiger partial charge in [-0.1, -0.05) is 0 Å². The molecule has 3 heterocycles. The highest BCUT2D eigenvalue weighted by Gasteiger charge is 2.29. The molecule has 0 aromatic carbocycles. The van der Waals surface area contributed by atoms with Crippen LogP contribution in [0.1, 0.15) is 28.8 Å². The van der Waals surface area contributed by atoms with Crippen LogP contribution in [-0.4, -0.2) is 59.0 Å². The van der Waals surface area contributed by atoms with Crippen molar-refractivity contribution in [2.75, 3.05) is 32.1 Å². The predicted molar refractivity (Wildman–Crippen MR) is 94.9 cm³/mol. The van der Waals surface area contributed by atoms with Gasteiger partial charge in [-0.3, -0.25) is 4.79 Å². The Balaban J connectivity index is 1.74. The highest BCUT2D eigenvalue weighted by Crippen LogP contribution is 2.22. The van der Waals surface area contributed by atoms with Gasteiger partial charge >= 0.3 is 0 Å². The quantitative estimate of drug-likeness (QED) is 0.846. The Labute approximate surface area is 147 Å². The van der Waals surface area contributed by atoms with Gasteiger partial charge in [-0.2, -0.15) is 0 Å². The third kappa shape index (κ3) is 3.70. The molecule has 1 atom stereocenters. The van der Waals surface area contributed by atoms with Crippen LogP contribution in [-0.2, 0) is 0 Å². The summed E-state index contributed by atoms with van der Waals surface area (Å²) in [4.78, 5) is 29.7. The molecule has 2 aromatic rings. The van der Waals surface area contributed by atoms with Crippen LogP contribution < -0.4 is 9.64 Å². The lowest BCUT2D eigenvalue weighted by Gasteiger charge is -2.37. The highest BCUT2D eigenvalue weighted by molar-refractivity contribution is 5.96. The summed E-state index contributed by atoms with van der Waals surface area (Å²) in [6.07, 6.45) is 7.18. The summed E-state index contributed by atoms with van der Waals surface area (Å²) in [5.41, 5.74) is 1.53. The summed E-state index contributed by atoms with van der Waals surface area (Å²) in [5.74, 6) is 1.00. The van der Waals surface area contributed by atoms with E-state index in [0.717, 1.165) is 24.9 Å². The molecular weight excluding hydrogens is 318 g/mol. The summed E-state index contributed by atoms with van der Waals surface area (Å²) in [7, 11) is 3.51. The highest BCUT2D eigenvalue weighted by atomic mass is 16.5. The first-order valence-corrected chi connectivity index (χ1v) is 8.40. The third-order valence-electron chi connectivity index (χ3n) is 4.51. The number of hydrogen-bond acceptors (Lipinski definition) is 6. The minimum atomic E-state index is -0.0483. The fraction of sp³-hybridized carbons (Fsp3) is 0.444. The molecule has 0 saturated carbocycles. The number of anilines is 1. The van der Waals surface area contributed by atoms with E-state index in [4.69, 9.17) is 4.74 Å².